The largest absolute Gasteiger partial charge is 0.505 e. The molecule has 0 atom stereocenters. The van der Waals surface area contributed by atoms with Crippen molar-refractivity contribution in [3.05, 3.63) is 29.6 Å². The molecule has 2 N–H and O–H groups in total. The van der Waals surface area contributed by atoms with E-state index >= 15 is 0 Å². The second-order valence-electron chi connectivity index (χ2n) is 2.70. The fraction of sp³-hybridized carbons (Fsp3) is 0.222. The molecule has 0 spiro atoms. The Bertz CT molecular complexity index is 344. The molecule has 1 amide bonds. The van der Waals surface area contributed by atoms with E-state index in [0.717, 1.165) is 6.07 Å². The summed E-state index contributed by atoms with van der Waals surface area (Å²) in [5.74, 6) is -1.55. The van der Waals surface area contributed by atoms with Crippen LogP contribution in [0.2, 0.25) is 0 Å². The minimum atomic E-state index is -0.706. The second kappa shape index (κ2) is 4.81. The number of phenols is 1. The average Bonchev–Trinajstić information content (AvgIpc) is 2.19. The molecular formula is C9H9ClFNO2. The molecule has 3 nitrogen and oxygen atoms in total. The molecule has 0 bridgehead atoms. The average molecular weight is 218 g/mol. The summed E-state index contributed by atoms with van der Waals surface area (Å²) in [5, 5.41) is 11.4. The van der Waals surface area contributed by atoms with E-state index in [1.807, 2.05) is 0 Å². The third-order valence-corrected chi connectivity index (χ3v) is 1.87. The molecule has 0 radical (unpaired) electrons. The molecule has 0 unspecified atom stereocenters. The maximum atomic E-state index is 12.8. The first-order valence-corrected chi connectivity index (χ1v) is 4.47. The van der Waals surface area contributed by atoms with Gasteiger partial charge in [0.2, 0.25) is 5.91 Å². The van der Waals surface area contributed by atoms with Gasteiger partial charge in [-0.2, -0.15) is 0 Å². The number of aromatic hydroxyl groups is 1. The van der Waals surface area contributed by atoms with Gasteiger partial charge in [-0.15, -0.1) is 11.6 Å². The number of benzene rings is 1. The fourth-order valence-corrected chi connectivity index (χ4v) is 1.00. The maximum absolute atomic E-state index is 12.8. The van der Waals surface area contributed by atoms with E-state index in [9.17, 15) is 9.18 Å². The first-order chi connectivity index (χ1) is 6.63. The highest BCUT2D eigenvalue weighted by molar-refractivity contribution is 6.27. The first kappa shape index (κ1) is 10.8. The van der Waals surface area contributed by atoms with Gasteiger partial charge in [-0.1, -0.05) is 6.07 Å². The van der Waals surface area contributed by atoms with Crippen molar-refractivity contribution in [2.75, 3.05) is 5.88 Å². The Balaban J connectivity index is 2.60. The lowest BCUT2D eigenvalue weighted by Crippen LogP contribution is -2.23. The number of hydrogen-bond donors (Lipinski definition) is 2. The predicted octanol–water partition coefficient (Wildman–Crippen LogP) is 1.39. The molecule has 0 aliphatic heterocycles. The summed E-state index contributed by atoms with van der Waals surface area (Å²) in [6, 6.07) is 3.91. The van der Waals surface area contributed by atoms with E-state index in [4.69, 9.17) is 16.7 Å². The minimum Gasteiger partial charge on any atom is -0.505 e. The number of halogens is 2. The van der Waals surface area contributed by atoms with Gasteiger partial charge >= 0.3 is 0 Å². The number of amides is 1. The van der Waals surface area contributed by atoms with Gasteiger partial charge in [0, 0.05) is 6.54 Å². The molecule has 5 heteroatoms. The Labute approximate surface area is 85.5 Å². The molecule has 0 aliphatic carbocycles. The van der Waals surface area contributed by atoms with Crippen molar-refractivity contribution < 1.29 is 14.3 Å². The van der Waals surface area contributed by atoms with Crippen LogP contribution in [-0.4, -0.2) is 16.9 Å². The molecule has 0 aliphatic rings. The zero-order chi connectivity index (χ0) is 10.6. The number of hydrogen-bond acceptors (Lipinski definition) is 2. The van der Waals surface area contributed by atoms with Crippen molar-refractivity contribution in [2.24, 2.45) is 0 Å². The Kier molecular flexibility index (Phi) is 3.71. The quantitative estimate of drug-likeness (QED) is 0.752. The highest BCUT2D eigenvalue weighted by atomic mass is 35.5. The Morgan fingerprint density at radius 1 is 1.57 bits per heavy atom. The van der Waals surface area contributed by atoms with Crippen molar-refractivity contribution >= 4 is 17.5 Å². The predicted molar refractivity (Wildman–Crippen MR) is 50.6 cm³/mol. The zero-order valence-electron chi connectivity index (χ0n) is 7.26. The topological polar surface area (TPSA) is 49.3 Å². The number of nitrogens with one attached hydrogen (secondary N) is 1. The zero-order valence-corrected chi connectivity index (χ0v) is 8.01. The number of phenolic OH excluding ortho intramolecular Hbond substituents is 1. The van der Waals surface area contributed by atoms with E-state index in [1.165, 1.54) is 12.1 Å². The summed E-state index contributed by atoms with van der Waals surface area (Å²) in [4.78, 5) is 10.8. The number of rotatable bonds is 3. The van der Waals surface area contributed by atoms with Crippen LogP contribution in [-0.2, 0) is 11.3 Å². The van der Waals surface area contributed by atoms with E-state index < -0.39 is 11.6 Å². The Hall–Kier alpha value is -1.29. The molecule has 0 aromatic heterocycles. The third-order valence-electron chi connectivity index (χ3n) is 1.62. The van der Waals surface area contributed by atoms with Crippen LogP contribution in [0.25, 0.3) is 0 Å². The molecule has 0 saturated heterocycles. The van der Waals surface area contributed by atoms with Crippen LogP contribution >= 0.6 is 11.6 Å². The lowest BCUT2D eigenvalue weighted by molar-refractivity contribution is -0.118. The molecule has 14 heavy (non-hydrogen) atoms. The fourth-order valence-electron chi connectivity index (χ4n) is 0.908. The van der Waals surface area contributed by atoms with Gasteiger partial charge in [-0.05, 0) is 17.7 Å². The third kappa shape index (κ3) is 2.88. The smallest absolute Gasteiger partial charge is 0.235 e. The van der Waals surface area contributed by atoms with Gasteiger partial charge in [-0.3, -0.25) is 4.79 Å². The van der Waals surface area contributed by atoms with Crippen LogP contribution in [0.4, 0.5) is 4.39 Å². The molecule has 1 aromatic carbocycles. The van der Waals surface area contributed by atoms with Crippen molar-refractivity contribution in [2.45, 2.75) is 6.54 Å². The molecular weight excluding hydrogens is 209 g/mol. The molecule has 76 valence electrons. The molecule has 0 heterocycles. The van der Waals surface area contributed by atoms with Gasteiger partial charge in [-0.25, -0.2) is 4.39 Å². The molecule has 1 rings (SSSR count). The Morgan fingerprint density at radius 2 is 2.29 bits per heavy atom. The molecule has 0 saturated carbocycles. The number of alkyl halides is 1. The van der Waals surface area contributed by atoms with E-state index in [0.29, 0.717) is 5.56 Å². The van der Waals surface area contributed by atoms with Crippen LogP contribution < -0.4 is 5.32 Å². The van der Waals surface area contributed by atoms with Crippen molar-refractivity contribution in [3.63, 3.8) is 0 Å². The maximum Gasteiger partial charge on any atom is 0.235 e. The lowest BCUT2D eigenvalue weighted by Gasteiger charge is -2.03. The highest BCUT2D eigenvalue weighted by Crippen LogP contribution is 2.15. The first-order valence-electron chi connectivity index (χ1n) is 3.93. The Morgan fingerprint density at radius 3 is 2.86 bits per heavy atom. The standard InChI is InChI=1S/C9H9ClFNO2/c10-4-9(14)12-5-6-1-2-8(13)7(11)3-6/h1-3,13H,4-5H2,(H,12,14). The van der Waals surface area contributed by atoms with Gasteiger partial charge in [0.05, 0.1) is 0 Å². The van der Waals surface area contributed by atoms with Crippen LogP contribution in [0, 0.1) is 5.82 Å². The van der Waals surface area contributed by atoms with Crippen molar-refractivity contribution in [1.82, 2.24) is 5.32 Å². The van der Waals surface area contributed by atoms with Crippen molar-refractivity contribution in [1.29, 1.82) is 0 Å². The summed E-state index contributed by atoms with van der Waals surface area (Å²) in [6.07, 6.45) is 0. The van der Waals surface area contributed by atoms with Gasteiger partial charge < -0.3 is 10.4 Å². The van der Waals surface area contributed by atoms with E-state index in [1.54, 1.807) is 0 Å². The van der Waals surface area contributed by atoms with Gasteiger partial charge in [0.1, 0.15) is 5.88 Å². The van der Waals surface area contributed by atoms with Gasteiger partial charge in [0.15, 0.2) is 11.6 Å². The van der Waals surface area contributed by atoms with Crippen LogP contribution in [0.3, 0.4) is 0 Å². The van der Waals surface area contributed by atoms with E-state index in [-0.39, 0.29) is 18.3 Å². The van der Waals surface area contributed by atoms with Crippen LogP contribution in [0.5, 0.6) is 5.75 Å². The lowest BCUT2D eigenvalue weighted by atomic mass is 10.2. The number of carbonyl (C=O) groups excluding carboxylic acids is 1. The SMILES string of the molecule is O=C(CCl)NCc1ccc(O)c(F)c1. The molecule has 0 fully saturated rings. The number of carbonyl (C=O) groups is 1. The summed E-state index contributed by atoms with van der Waals surface area (Å²) >= 11 is 5.25. The summed E-state index contributed by atoms with van der Waals surface area (Å²) < 4.78 is 12.8. The summed E-state index contributed by atoms with van der Waals surface area (Å²) in [7, 11) is 0. The normalized spacial score (nSPS) is 9.86. The van der Waals surface area contributed by atoms with Crippen molar-refractivity contribution in [3.8, 4) is 5.75 Å². The van der Waals surface area contributed by atoms with Crippen LogP contribution in [0.15, 0.2) is 18.2 Å². The summed E-state index contributed by atoms with van der Waals surface area (Å²) in [5.41, 5.74) is 0.568. The van der Waals surface area contributed by atoms with Crippen LogP contribution in [0.1, 0.15) is 5.56 Å². The second-order valence-corrected chi connectivity index (χ2v) is 2.96. The molecule has 1 aromatic rings. The summed E-state index contributed by atoms with van der Waals surface area (Å²) in [6.45, 7) is 0.197. The van der Waals surface area contributed by atoms with E-state index in [2.05, 4.69) is 5.32 Å². The monoisotopic (exact) mass is 217 g/mol. The van der Waals surface area contributed by atoms with Gasteiger partial charge in [0.25, 0.3) is 0 Å². The highest BCUT2D eigenvalue weighted by Gasteiger charge is 2.02. The minimum absolute atomic E-state index is 0.124.